The maximum Gasteiger partial charge on any atom is 0.179 e. The minimum Gasteiger partial charge on any atom is -0.489 e. The number of amidine groups is 1. The van der Waals surface area contributed by atoms with Crippen molar-refractivity contribution in [3.05, 3.63) is 78.0 Å². The topological polar surface area (TPSA) is 115 Å². The third kappa shape index (κ3) is 7.52. The van der Waals surface area contributed by atoms with Crippen molar-refractivity contribution in [2.75, 3.05) is 53.2 Å². The van der Waals surface area contributed by atoms with E-state index in [1.807, 2.05) is 61.3 Å². The summed E-state index contributed by atoms with van der Waals surface area (Å²) in [6.07, 6.45) is 11.1. The van der Waals surface area contributed by atoms with Gasteiger partial charge in [0, 0.05) is 44.1 Å². The first-order valence-corrected chi connectivity index (χ1v) is 14.1. The van der Waals surface area contributed by atoms with E-state index in [-0.39, 0.29) is 0 Å². The van der Waals surface area contributed by atoms with Crippen molar-refractivity contribution in [3.63, 3.8) is 0 Å². The lowest BCUT2D eigenvalue weighted by Gasteiger charge is -2.26. The van der Waals surface area contributed by atoms with Gasteiger partial charge >= 0.3 is 0 Å². The van der Waals surface area contributed by atoms with Crippen LogP contribution in [0.25, 0.3) is 17.1 Å². The van der Waals surface area contributed by atoms with E-state index >= 15 is 0 Å². The molecule has 220 valence electrons. The van der Waals surface area contributed by atoms with E-state index in [2.05, 4.69) is 36.4 Å². The molecule has 1 aromatic carbocycles. The molecule has 3 aromatic rings. The SMILES string of the molecule is CC=C1N=NN(Cc2cccc(-c3ncc(OCCN4CCOCC4)cn3)c2)/C1=N/C(=C\C)c1cnn(CCOC)c1. The normalized spacial score (nSPS) is 18.0. The van der Waals surface area contributed by atoms with E-state index in [1.54, 1.807) is 24.5 Å². The molecule has 1 saturated heterocycles. The molecule has 0 bridgehead atoms. The summed E-state index contributed by atoms with van der Waals surface area (Å²) in [4.78, 5) is 16.4. The van der Waals surface area contributed by atoms with Gasteiger partial charge in [0.2, 0.25) is 0 Å². The van der Waals surface area contributed by atoms with Crippen LogP contribution in [0, 0.1) is 0 Å². The molecule has 0 radical (unpaired) electrons. The third-order valence-electron chi connectivity index (χ3n) is 6.89. The Kier molecular flexibility index (Phi) is 10.1. The molecule has 0 unspecified atom stereocenters. The first-order chi connectivity index (χ1) is 20.7. The number of ether oxygens (including phenoxy) is 3. The van der Waals surface area contributed by atoms with Gasteiger partial charge in [-0.2, -0.15) is 5.10 Å². The van der Waals surface area contributed by atoms with Crippen molar-refractivity contribution in [1.29, 1.82) is 0 Å². The molecule has 2 aliphatic heterocycles. The predicted molar refractivity (Wildman–Crippen MR) is 160 cm³/mol. The van der Waals surface area contributed by atoms with Crippen molar-refractivity contribution in [3.8, 4) is 17.1 Å². The molecule has 0 aliphatic carbocycles. The minimum absolute atomic E-state index is 0.486. The van der Waals surface area contributed by atoms with E-state index in [0.717, 1.165) is 55.2 Å². The van der Waals surface area contributed by atoms with Gasteiger partial charge in [-0.3, -0.25) is 9.58 Å². The monoisotopic (exact) mass is 571 g/mol. The molecule has 1 fully saturated rings. The van der Waals surface area contributed by atoms with Gasteiger partial charge in [0.25, 0.3) is 0 Å². The van der Waals surface area contributed by atoms with Gasteiger partial charge in [0.15, 0.2) is 17.4 Å². The fourth-order valence-electron chi connectivity index (χ4n) is 4.58. The second kappa shape index (κ2) is 14.6. The Hall–Kier alpha value is -4.26. The number of methoxy groups -OCH3 is 1. The second-order valence-electron chi connectivity index (χ2n) is 9.76. The summed E-state index contributed by atoms with van der Waals surface area (Å²) in [6.45, 7) is 10.5. The van der Waals surface area contributed by atoms with E-state index in [9.17, 15) is 0 Å². The Bertz CT molecular complexity index is 1440. The van der Waals surface area contributed by atoms with Gasteiger partial charge in [-0.25, -0.2) is 20.0 Å². The number of aliphatic imine (C=N–C) groups is 1. The number of hydrogen-bond donors (Lipinski definition) is 0. The summed E-state index contributed by atoms with van der Waals surface area (Å²) in [5, 5.41) is 15.0. The Morgan fingerprint density at radius 1 is 1.07 bits per heavy atom. The molecular formula is C30H37N9O3. The standard InChI is InChI=1S/C30H37N9O3/c1-4-27(25-18-33-38(22-25)12-13-40-3)34-30-28(5-2)35-36-39(30)21-23-7-6-8-24(17-23)29-31-19-26(20-32-29)42-16-11-37-9-14-41-15-10-37/h4-8,17-20,22H,9-16,21H2,1-3H3/b27-4-,28-5?,34-30+. The molecule has 4 heterocycles. The average Bonchev–Trinajstić information content (AvgIpc) is 3.66. The van der Waals surface area contributed by atoms with Gasteiger partial charge in [0.1, 0.15) is 12.3 Å². The quantitative estimate of drug-likeness (QED) is 0.317. The predicted octanol–water partition coefficient (Wildman–Crippen LogP) is 4.24. The molecule has 12 nitrogen and oxygen atoms in total. The zero-order valence-corrected chi connectivity index (χ0v) is 24.4. The number of benzene rings is 1. The highest BCUT2D eigenvalue weighted by atomic mass is 16.5. The van der Waals surface area contributed by atoms with E-state index in [1.165, 1.54) is 0 Å². The van der Waals surface area contributed by atoms with Crippen LogP contribution in [0.1, 0.15) is 25.0 Å². The van der Waals surface area contributed by atoms with Crippen LogP contribution in [0.4, 0.5) is 0 Å². The van der Waals surface area contributed by atoms with Crippen molar-refractivity contribution >= 4 is 11.5 Å². The van der Waals surface area contributed by atoms with E-state index < -0.39 is 0 Å². The number of hydrogen-bond acceptors (Lipinski definition) is 10. The van der Waals surface area contributed by atoms with Crippen LogP contribution in [0.5, 0.6) is 5.75 Å². The summed E-state index contributed by atoms with van der Waals surface area (Å²) in [5.41, 5.74) is 4.35. The van der Waals surface area contributed by atoms with Gasteiger partial charge < -0.3 is 14.2 Å². The largest absolute Gasteiger partial charge is 0.489 e. The summed E-state index contributed by atoms with van der Waals surface area (Å²) in [7, 11) is 1.68. The molecule has 0 N–H and O–H groups in total. The Morgan fingerprint density at radius 2 is 1.90 bits per heavy atom. The highest BCUT2D eigenvalue weighted by Gasteiger charge is 2.23. The van der Waals surface area contributed by atoms with Crippen LogP contribution in [0.3, 0.4) is 0 Å². The van der Waals surface area contributed by atoms with Crippen LogP contribution >= 0.6 is 0 Å². The summed E-state index contributed by atoms with van der Waals surface area (Å²) >= 11 is 0. The average molecular weight is 572 g/mol. The summed E-state index contributed by atoms with van der Waals surface area (Å²) in [5.74, 6) is 1.96. The molecule has 2 aliphatic rings. The Morgan fingerprint density at radius 3 is 2.67 bits per heavy atom. The van der Waals surface area contributed by atoms with Gasteiger partial charge in [-0.05, 0) is 25.5 Å². The van der Waals surface area contributed by atoms with Crippen molar-refractivity contribution in [2.45, 2.75) is 26.9 Å². The van der Waals surface area contributed by atoms with Crippen LogP contribution in [-0.2, 0) is 22.6 Å². The number of aromatic nitrogens is 4. The minimum atomic E-state index is 0.486. The molecule has 0 spiro atoms. The zero-order valence-electron chi connectivity index (χ0n) is 24.4. The van der Waals surface area contributed by atoms with Crippen LogP contribution in [0.2, 0.25) is 0 Å². The van der Waals surface area contributed by atoms with Crippen molar-refractivity contribution < 1.29 is 14.2 Å². The van der Waals surface area contributed by atoms with Crippen LogP contribution < -0.4 is 4.74 Å². The third-order valence-corrected chi connectivity index (χ3v) is 6.89. The number of morpholine rings is 1. The summed E-state index contributed by atoms with van der Waals surface area (Å²) < 4.78 is 18.3. The molecule has 0 atom stereocenters. The fraction of sp³-hybridized carbons (Fsp3) is 0.400. The fourth-order valence-corrected chi connectivity index (χ4v) is 4.58. The van der Waals surface area contributed by atoms with E-state index in [4.69, 9.17) is 19.2 Å². The van der Waals surface area contributed by atoms with Gasteiger partial charge in [-0.1, -0.05) is 35.6 Å². The second-order valence-corrected chi connectivity index (χ2v) is 9.76. The Balaban J connectivity index is 1.25. The molecule has 12 heteroatoms. The first kappa shape index (κ1) is 29.2. The number of allylic oxidation sites excluding steroid dienone is 2. The molecule has 42 heavy (non-hydrogen) atoms. The van der Waals surface area contributed by atoms with Gasteiger partial charge in [0.05, 0.1) is 57.2 Å². The summed E-state index contributed by atoms with van der Waals surface area (Å²) in [6, 6.07) is 8.09. The highest BCUT2D eigenvalue weighted by Crippen LogP contribution is 2.25. The van der Waals surface area contributed by atoms with Crippen molar-refractivity contribution in [2.24, 2.45) is 15.3 Å². The lowest BCUT2D eigenvalue weighted by molar-refractivity contribution is 0.0322. The number of rotatable bonds is 12. The van der Waals surface area contributed by atoms with Crippen LogP contribution in [0.15, 0.2) is 82.2 Å². The molecule has 2 aromatic heterocycles. The van der Waals surface area contributed by atoms with Gasteiger partial charge in [-0.15, -0.1) is 5.11 Å². The zero-order chi connectivity index (χ0) is 29.1. The maximum absolute atomic E-state index is 5.87. The molecular weight excluding hydrogens is 534 g/mol. The lowest BCUT2D eigenvalue weighted by Crippen LogP contribution is -2.38. The Labute approximate surface area is 246 Å². The highest BCUT2D eigenvalue weighted by molar-refractivity contribution is 6.01. The van der Waals surface area contributed by atoms with Crippen molar-refractivity contribution in [1.82, 2.24) is 29.7 Å². The van der Waals surface area contributed by atoms with E-state index in [0.29, 0.717) is 49.4 Å². The first-order valence-electron chi connectivity index (χ1n) is 14.1. The molecule has 0 saturated carbocycles. The smallest absolute Gasteiger partial charge is 0.179 e. The molecule has 0 amide bonds. The lowest BCUT2D eigenvalue weighted by atomic mass is 10.1. The molecule has 5 rings (SSSR count). The maximum atomic E-state index is 5.87. The number of nitrogens with zero attached hydrogens (tertiary/aromatic N) is 9. The van der Waals surface area contributed by atoms with Crippen LogP contribution in [-0.4, -0.2) is 88.7 Å².